The van der Waals surface area contributed by atoms with Crippen LogP contribution in [0.15, 0.2) is 37.1 Å². The number of piperazine rings is 1. The van der Waals surface area contributed by atoms with E-state index in [9.17, 15) is 0 Å². The zero-order chi connectivity index (χ0) is 14.8. The smallest absolute Gasteiger partial charge is 0.0360 e. The molecule has 1 fully saturated rings. The zero-order valence-corrected chi connectivity index (χ0v) is 13.4. The van der Waals surface area contributed by atoms with Gasteiger partial charge in [-0.15, -0.1) is 0 Å². The van der Waals surface area contributed by atoms with E-state index >= 15 is 0 Å². The van der Waals surface area contributed by atoms with E-state index in [0.29, 0.717) is 0 Å². The number of rotatable bonds is 3. The normalized spacial score (nSPS) is 13.7. The Morgan fingerprint density at radius 3 is 1.72 bits per heavy atom. The molecule has 0 saturated carbocycles. The summed E-state index contributed by atoms with van der Waals surface area (Å²) in [6, 6.07) is 0. The first kappa shape index (κ1) is 22.2. The van der Waals surface area contributed by atoms with Gasteiger partial charge in [0, 0.05) is 31.9 Å². The fourth-order valence-corrected chi connectivity index (χ4v) is 1.35. The number of allylic oxidation sites excluding steroid dienone is 3. The molecule has 18 heavy (non-hydrogen) atoms. The quantitative estimate of drug-likeness (QED) is 0.758. The third-order valence-corrected chi connectivity index (χ3v) is 1.98. The van der Waals surface area contributed by atoms with Crippen molar-refractivity contribution in [2.45, 2.75) is 41.5 Å². The lowest BCUT2D eigenvalue weighted by Gasteiger charge is -2.30. The van der Waals surface area contributed by atoms with Gasteiger partial charge >= 0.3 is 0 Å². The fraction of sp³-hybridized carbons (Fsp3) is 0.625. The summed E-state index contributed by atoms with van der Waals surface area (Å²) in [4.78, 5) is 2.31. The number of hydrogen-bond donors (Lipinski definition) is 1. The van der Waals surface area contributed by atoms with Crippen molar-refractivity contribution in [1.29, 1.82) is 0 Å². The highest BCUT2D eigenvalue weighted by molar-refractivity contribution is 5.20. The minimum Gasteiger partial charge on any atom is -0.369 e. The summed E-state index contributed by atoms with van der Waals surface area (Å²) < 4.78 is 0. The van der Waals surface area contributed by atoms with Crippen molar-refractivity contribution in [2.75, 3.05) is 26.2 Å². The molecule has 1 heterocycles. The summed E-state index contributed by atoms with van der Waals surface area (Å²) in [6.07, 6.45) is 5.68. The van der Waals surface area contributed by atoms with E-state index in [-0.39, 0.29) is 0 Å². The Labute approximate surface area is 115 Å². The van der Waals surface area contributed by atoms with Crippen LogP contribution in [0.25, 0.3) is 0 Å². The van der Waals surface area contributed by atoms with Crippen molar-refractivity contribution in [3.05, 3.63) is 37.1 Å². The molecule has 0 aromatic rings. The minimum atomic E-state index is 1.06. The van der Waals surface area contributed by atoms with Crippen LogP contribution in [0, 0.1) is 0 Å². The summed E-state index contributed by atoms with van der Waals surface area (Å²) in [7, 11) is 0. The molecule has 0 unspecified atom stereocenters. The Morgan fingerprint density at radius 2 is 1.39 bits per heavy atom. The highest BCUT2D eigenvalue weighted by Crippen LogP contribution is 2.06. The molecular formula is C16H34N2. The van der Waals surface area contributed by atoms with E-state index in [0.717, 1.165) is 26.2 Å². The molecule has 0 amide bonds. The third kappa shape index (κ3) is 11.5. The van der Waals surface area contributed by atoms with Gasteiger partial charge in [-0.2, -0.15) is 0 Å². The van der Waals surface area contributed by atoms with Crippen LogP contribution in [0.5, 0.6) is 0 Å². The molecular weight excluding hydrogens is 220 g/mol. The molecule has 0 aromatic heterocycles. The molecule has 0 bridgehead atoms. The predicted octanol–water partition coefficient (Wildman–Crippen LogP) is 4.23. The van der Waals surface area contributed by atoms with Crippen LogP contribution in [-0.2, 0) is 0 Å². The van der Waals surface area contributed by atoms with E-state index in [1.54, 1.807) is 6.08 Å². The molecule has 1 aliphatic heterocycles. The van der Waals surface area contributed by atoms with Gasteiger partial charge in [-0.05, 0) is 12.2 Å². The van der Waals surface area contributed by atoms with Gasteiger partial charge in [0.05, 0.1) is 0 Å². The van der Waals surface area contributed by atoms with Crippen LogP contribution in [0.3, 0.4) is 0 Å². The van der Waals surface area contributed by atoms with Crippen LogP contribution in [-0.4, -0.2) is 31.1 Å². The molecule has 0 spiro atoms. The molecule has 1 saturated heterocycles. The Kier molecular flexibility index (Phi) is 26.2. The van der Waals surface area contributed by atoms with Gasteiger partial charge in [0.1, 0.15) is 0 Å². The maximum atomic E-state index is 3.78. The summed E-state index contributed by atoms with van der Waals surface area (Å²) in [6.45, 7) is 23.7. The highest BCUT2D eigenvalue weighted by atomic mass is 15.2. The molecule has 0 aliphatic carbocycles. The lowest BCUT2D eigenvalue weighted by molar-refractivity contribution is 0.307. The Bertz CT molecular complexity index is 189. The molecule has 1 rings (SSSR count). The number of nitrogens with zero attached hydrogens (tertiary/aromatic N) is 1. The zero-order valence-electron chi connectivity index (χ0n) is 13.4. The lowest BCUT2D eigenvalue weighted by atomic mass is 10.3. The van der Waals surface area contributed by atoms with Gasteiger partial charge in [0.2, 0.25) is 0 Å². The second-order valence-electron chi connectivity index (χ2n) is 2.77. The van der Waals surface area contributed by atoms with Crippen LogP contribution in [0.2, 0.25) is 0 Å². The molecule has 0 aromatic carbocycles. The van der Waals surface area contributed by atoms with E-state index < -0.39 is 0 Å². The van der Waals surface area contributed by atoms with Crippen molar-refractivity contribution < 1.29 is 0 Å². The summed E-state index contributed by atoms with van der Waals surface area (Å²) in [5.41, 5.74) is 1.17. The van der Waals surface area contributed by atoms with E-state index in [1.165, 1.54) is 5.70 Å². The molecule has 1 N–H and O–H groups in total. The largest absolute Gasteiger partial charge is 0.369 e. The van der Waals surface area contributed by atoms with Crippen LogP contribution < -0.4 is 5.32 Å². The van der Waals surface area contributed by atoms with Gasteiger partial charge in [0.15, 0.2) is 0 Å². The fourth-order valence-electron chi connectivity index (χ4n) is 1.35. The Hall–Kier alpha value is -1.02. The van der Waals surface area contributed by atoms with Gasteiger partial charge in [0.25, 0.3) is 0 Å². The van der Waals surface area contributed by atoms with Crippen LogP contribution in [0.4, 0.5) is 0 Å². The maximum Gasteiger partial charge on any atom is 0.0360 e. The second kappa shape index (κ2) is 21.3. The van der Waals surface area contributed by atoms with E-state index in [4.69, 9.17) is 0 Å². The summed E-state index contributed by atoms with van der Waals surface area (Å²) in [5.74, 6) is 0. The molecule has 2 nitrogen and oxygen atoms in total. The molecule has 0 radical (unpaired) electrons. The maximum absolute atomic E-state index is 3.78. The average molecular weight is 254 g/mol. The SMILES string of the molecule is C=C/C=C(\C=C)N1CCNCC1.CC.CC.CC. The number of hydrogen-bond acceptors (Lipinski definition) is 2. The standard InChI is InChI=1S/C10H16N2.3C2H6/c1-3-5-10(4-2)12-8-6-11-7-9-12;3*1-2/h3-5,11H,1-2,6-9H2;3*1-2H3/b10-5+;;;. The van der Waals surface area contributed by atoms with Crippen molar-refractivity contribution in [1.82, 2.24) is 10.2 Å². The second-order valence-corrected chi connectivity index (χ2v) is 2.77. The first-order chi connectivity index (χ1) is 8.88. The third-order valence-electron chi connectivity index (χ3n) is 1.98. The van der Waals surface area contributed by atoms with Gasteiger partial charge in [-0.3, -0.25) is 0 Å². The molecule has 2 heteroatoms. The van der Waals surface area contributed by atoms with Crippen LogP contribution in [0.1, 0.15) is 41.5 Å². The van der Waals surface area contributed by atoms with Crippen LogP contribution >= 0.6 is 0 Å². The minimum absolute atomic E-state index is 1.06. The monoisotopic (exact) mass is 254 g/mol. The van der Waals surface area contributed by atoms with Crippen molar-refractivity contribution in [3.63, 3.8) is 0 Å². The Morgan fingerprint density at radius 1 is 0.944 bits per heavy atom. The molecule has 108 valence electrons. The first-order valence-corrected chi connectivity index (χ1v) is 7.29. The van der Waals surface area contributed by atoms with Gasteiger partial charge in [-0.1, -0.05) is 60.8 Å². The molecule has 1 aliphatic rings. The lowest BCUT2D eigenvalue weighted by Crippen LogP contribution is -2.42. The summed E-state index contributed by atoms with van der Waals surface area (Å²) in [5, 5.41) is 3.31. The van der Waals surface area contributed by atoms with Crippen molar-refractivity contribution >= 4 is 0 Å². The first-order valence-electron chi connectivity index (χ1n) is 7.29. The predicted molar refractivity (Wildman–Crippen MR) is 87.0 cm³/mol. The molecule has 0 atom stereocenters. The Balaban J connectivity index is -0.000000328. The highest BCUT2D eigenvalue weighted by Gasteiger charge is 2.09. The van der Waals surface area contributed by atoms with Crippen molar-refractivity contribution in [2.24, 2.45) is 0 Å². The van der Waals surface area contributed by atoms with Gasteiger partial charge < -0.3 is 10.2 Å². The van der Waals surface area contributed by atoms with Crippen molar-refractivity contribution in [3.8, 4) is 0 Å². The van der Waals surface area contributed by atoms with Gasteiger partial charge in [-0.25, -0.2) is 0 Å². The average Bonchev–Trinajstić information content (AvgIpc) is 2.52. The van der Waals surface area contributed by atoms with E-state index in [2.05, 4.69) is 23.4 Å². The van der Waals surface area contributed by atoms with E-state index in [1.807, 2.05) is 53.7 Å². The topological polar surface area (TPSA) is 15.3 Å². The number of nitrogens with one attached hydrogen (secondary N) is 1. The summed E-state index contributed by atoms with van der Waals surface area (Å²) >= 11 is 0.